The van der Waals surface area contributed by atoms with Gasteiger partial charge in [-0.2, -0.15) is 0 Å². The largest absolute Gasteiger partial charge is 0.462 e. The Morgan fingerprint density at radius 2 is 0.625 bits per heavy atom. The number of aliphatic hydroxyl groups is 1. The van der Waals surface area contributed by atoms with Gasteiger partial charge in [-0.25, -0.2) is 0 Å². The van der Waals surface area contributed by atoms with Crippen molar-refractivity contribution < 1.29 is 24.2 Å². The lowest BCUT2D eigenvalue weighted by molar-refractivity contribution is -0.161. The van der Waals surface area contributed by atoms with Gasteiger partial charge >= 0.3 is 11.9 Å². The van der Waals surface area contributed by atoms with Gasteiger partial charge in [-0.1, -0.05) is 211 Å². The maximum Gasteiger partial charge on any atom is 0.306 e. The standard InChI is InChI=1S/C59H92O5/c1-3-5-7-9-11-13-15-17-19-21-23-25-27-28-29-30-32-34-36-38-40-42-44-46-48-50-52-54-59(62)64-57(55-60)56-63-58(61)53-51-49-47-45-43-41-39-37-35-33-31-26-24-22-20-18-16-14-12-10-8-6-4-2/h5-8,11-14,17-20,23-26,28-29,32-35,39,41,57,60H,3-4,9-10,15-16,21-22,27,30-31,36-38,40,42-56H2,1-2H3/b7-5-,8-6-,13-11-,14-12-,19-17-,20-18-,25-23-,26-24-,29-28-,34-32-,35-33-,41-39-. The number of rotatable bonds is 44. The highest BCUT2D eigenvalue weighted by atomic mass is 16.6. The van der Waals surface area contributed by atoms with Crippen molar-refractivity contribution in [3.63, 3.8) is 0 Å². The summed E-state index contributed by atoms with van der Waals surface area (Å²) in [5.41, 5.74) is 0. The summed E-state index contributed by atoms with van der Waals surface area (Å²) in [5.74, 6) is -0.642. The zero-order valence-corrected chi connectivity index (χ0v) is 40.7. The highest BCUT2D eigenvalue weighted by Gasteiger charge is 2.16. The summed E-state index contributed by atoms with van der Waals surface area (Å²) in [7, 11) is 0. The molecule has 1 unspecified atom stereocenters. The molecule has 0 aliphatic carbocycles. The van der Waals surface area contributed by atoms with Crippen LogP contribution in [0.5, 0.6) is 0 Å². The average Bonchev–Trinajstić information content (AvgIpc) is 3.30. The Balaban J connectivity index is 3.66. The molecule has 0 fully saturated rings. The first-order chi connectivity index (χ1) is 31.6. The minimum absolute atomic E-state index is 0.0934. The van der Waals surface area contributed by atoms with Crippen LogP contribution in [0.2, 0.25) is 0 Å². The normalized spacial score (nSPS) is 13.5. The lowest BCUT2D eigenvalue weighted by atomic mass is 10.1. The molecule has 0 heterocycles. The highest BCUT2D eigenvalue weighted by Crippen LogP contribution is 2.13. The molecule has 0 radical (unpaired) electrons. The number of aliphatic hydroxyl groups excluding tert-OH is 1. The van der Waals surface area contributed by atoms with E-state index < -0.39 is 6.10 Å². The molecule has 5 nitrogen and oxygen atoms in total. The van der Waals surface area contributed by atoms with Crippen molar-refractivity contribution in [2.45, 2.75) is 200 Å². The van der Waals surface area contributed by atoms with Crippen LogP contribution in [0.15, 0.2) is 146 Å². The fourth-order valence-electron chi connectivity index (χ4n) is 6.38. The molecule has 0 amide bonds. The third-order valence-electron chi connectivity index (χ3n) is 10.1. The van der Waals surface area contributed by atoms with Crippen LogP contribution in [-0.2, 0) is 19.1 Å². The lowest BCUT2D eigenvalue weighted by Gasteiger charge is -2.15. The van der Waals surface area contributed by atoms with Crippen LogP contribution in [0.3, 0.4) is 0 Å². The Labute approximate surface area is 393 Å². The number of carbonyl (C=O) groups excluding carboxylic acids is 2. The summed E-state index contributed by atoms with van der Waals surface area (Å²) < 4.78 is 10.7. The molecule has 0 bridgehead atoms. The van der Waals surface area contributed by atoms with Crippen molar-refractivity contribution in [2.75, 3.05) is 13.2 Å². The molecule has 1 N–H and O–H groups in total. The van der Waals surface area contributed by atoms with Crippen LogP contribution in [0.4, 0.5) is 0 Å². The molecule has 0 saturated heterocycles. The molecule has 5 heteroatoms. The second kappa shape index (κ2) is 53.1. The van der Waals surface area contributed by atoms with Crippen LogP contribution >= 0.6 is 0 Å². The van der Waals surface area contributed by atoms with Crippen molar-refractivity contribution in [3.8, 4) is 0 Å². The van der Waals surface area contributed by atoms with Crippen LogP contribution in [0.25, 0.3) is 0 Å². The zero-order chi connectivity index (χ0) is 46.3. The van der Waals surface area contributed by atoms with Crippen molar-refractivity contribution in [1.29, 1.82) is 0 Å². The van der Waals surface area contributed by atoms with E-state index in [1.807, 2.05) is 0 Å². The van der Waals surface area contributed by atoms with Gasteiger partial charge < -0.3 is 14.6 Å². The van der Waals surface area contributed by atoms with E-state index >= 15 is 0 Å². The van der Waals surface area contributed by atoms with E-state index in [9.17, 15) is 14.7 Å². The van der Waals surface area contributed by atoms with E-state index in [1.54, 1.807) is 0 Å². The van der Waals surface area contributed by atoms with E-state index in [-0.39, 0.29) is 25.2 Å². The van der Waals surface area contributed by atoms with Crippen LogP contribution < -0.4 is 0 Å². The zero-order valence-electron chi connectivity index (χ0n) is 40.7. The fourth-order valence-corrected chi connectivity index (χ4v) is 6.38. The van der Waals surface area contributed by atoms with E-state index in [4.69, 9.17) is 9.47 Å². The maximum absolute atomic E-state index is 12.3. The van der Waals surface area contributed by atoms with Crippen LogP contribution in [0.1, 0.15) is 194 Å². The highest BCUT2D eigenvalue weighted by molar-refractivity contribution is 5.70. The number of carbonyl (C=O) groups is 2. The SMILES string of the molecule is CC/C=C\C/C=C\C/C=C\C/C=C\C/C=C\C/C=C\CCCCCCCCCCC(=O)OC(CO)COC(=O)CCCCCC/C=C\C/C=C\C/C=C\C/C=C\C/C=C\C/C=C\CC. The lowest BCUT2D eigenvalue weighted by Crippen LogP contribution is -2.28. The minimum atomic E-state index is -0.800. The van der Waals surface area contributed by atoms with Crippen molar-refractivity contribution in [1.82, 2.24) is 0 Å². The molecular weight excluding hydrogens is 789 g/mol. The van der Waals surface area contributed by atoms with E-state index in [0.717, 1.165) is 135 Å². The minimum Gasteiger partial charge on any atom is -0.462 e. The number of unbranched alkanes of at least 4 members (excludes halogenated alkanes) is 12. The molecule has 0 rings (SSSR count). The summed E-state index contributed by atoms with van der Waals surface area (Å²) >= 11 is 0. The second-order valence-corrected chi connectivity index (χ2v) is 16.1. The molecule has 0 saturated carbocycles. The van der Waals surface area contributed by atoms with Gasteiger partial charge in [-0.15, -0.1) is 0 Å². The summed E-state index contributed by atoms with van der Waals surface area (Å²) in [5, 5.41) is 9.63. The van der Waals surface area contributed by atoms with Gasteiger partial charge in [-0.3, -0.25) is 9.59 Å². The quantitative estimate of drug-likeness (QED) is 0.0375. The molecule has 0 aliphatic rings. The Kier molecular flexibility index (Phi) is 49.6. The van der Waals surface area contributed by atoms with E-state index in [0.29, 0.717) is 12.8 Å². The molecule has 358 valence electrons. The summed E-state index contributed by atoms with van der Waals surface area (Å²) in [6.45, 7) is 3.87. The molecule has 0 aromatic carbocycles. The topological polar surface area (TPSA) is 72.8 Å². The van der Waals surface area contributed by atoms with E-state index in [2.05, 4.69) is 160 Å². The summed E-state index contributed by atoms with van der Waals surface area (Å²) in [6, 6.07) is 0. The molecular formula is C59H92O5. The van der Waals surface area contributed by atoms with Gasteiger partial charge in [0.05, 0.1) is 6.61 Å². The molecule has 1 atom stereocenters. The molecule has 0 spiro atoms. The number of esters is 2. The van der Waals surface area contributed by atoms with Gasteiger partial charge in [0.2, 0.25) is 0 Å². The third-order valence-corrected chi connectivity index (χ3v) is 10.1. The van der Waals surface area contributed by atoms with Crippen molar-refractivity contribution >= 4 is 11.9 Å². The third kappa shape index (κ3) is 50.4. The van der Waals surface area contributed by atoms with Crippen molar-refractivity contribution in [2.24, 2.45) is 0 Å². The number of allylic oxidation sites excluding steroid dienone is 24. The van der Waals surface area contributed by atoms with Gasteiger partial charge in [0.25, 0.3) is 0 Å². The Morgan fingerprint density at radius 1 is 0.359 bits per heavy atom. The van der Waals surface area contributed by atoms with E-state index in [1.165, 1.54) is 32.1 Å². The first-order valence-corrected chi connectivity index (χ1v) is 25.4. The number of hydrogen-bond donors (Lipinski definition) is 1. The molecule has 0 aromatic heterocycles. The summed E-state index contributed by atoms with van der Waals surface area (Å²) in [4.78, 5) is 24.5. The van der Waals surface area contributed by atoms with Crippen LogP contribution in [0, 0.1) is 0 Å². The first kappa shape index (κ1) is 59.8. The molecule has 64 heavy (non-hydrogen) atoms. The van der Waals surface area contributed by atoms with Gasteiger partial charge in [0, 0.05) is 12.8 Å². The second-order valence-electron chi connectivity index (χ2n) is 16.1. The monoisotopic (exact) mass is 881 g/mol. The van der Waals surface area contributed by atoms with Gasteiger partial charge in [-0.05, 0) is 116 Å². The maximum atomic E-state index is 12.3. The molecule has 0 aromatic rings. The smallest absolute Gasteiger partial charge is 0.306 e. The molecule has 0 aliphatic heterocycles. The first-order valence-electron chi connectivity index (χ1n) is 25.4. The summed E-state index contributed by atoms with van der Waals surface area (Å²) in [6.07, 6.45) is 80.7. The van der Waals surface area contributed by atoms with Crippen molar-refractivity contribution in [3.05, 3.63) is 146 Å². The predicted molar refractivity (Wildman–Crippen MR) is 278 cm³/mol. The number of ether oxygens (including phenoxy) is 2. The van der Waals surface area contributed by atoms with Gasteiger partial charge in [0.15, 0.2) is 6.10 Å². The Bertz CT molecular complexity index is 1410. The Morgan fingerprint density at radius 3 is 0.938 bits per heavy atom. The average molecular weight is 881 g/mol. The van der Waals surface area contributed by atoms with Gasteiger partial charge in [0.1, 0.15) is 6.61 Å². The Hall–Kier alpha value is -4.22. The fraction of sp³-hybridized carbons (Fsp3) is 0.559. The predicted octanol–water partition coefficient (Wildman–Crippen LogP) is 17.1. The number of hydrogen-bond acceptors (Lipinski definition) is 5. The van der Waals surface area contributed by atoms with Crippen LogP contribution in [-0.4, -0.2) is 36.4 Å².